The van der Waals surface area contributed by atoms with Crippen molar-refractivity contribution in [3.63, 3.8) is 0 Å². The van der Waals surface area contributed by atoms with Gasteiger partial charge < -0.3 is 16.0 Å². The molecule has 1 amide bonds. The van der Waals surface area contributed by atoms with E-state index < -0.39 is 0 Å². The summed E-state index contributed by atoms with van der Waals surface area (Å²) in [5, 5.41) is 2.93. The Morgan fingerprint density at radius 3 is 2.39 bits per heavy atom. The van der Waals surface area contributed by atoms with Crippen LogP contribution in [0.1, 0.15) is 47.5 Å². The standard InChI is InChI=1S/C14H31N3O/c1-7-11(2)17(6)9-8-16-13(18)10-12(15)14(3,4)5/h11-12H,7-10,15H2,1-6H3,(H,16,18). The highest BCUT2D eigenvalue weighted by molar-refractivity contribution is 5.76. The molecule has 2 unspecified atom stereocenters. The molecule has 0 aliphatic heterocycles. The highest BCUT2D eigenvalue weighted by atomic mass is 16.1. The Morgan fingerprint density at radius 1 is 1.39 bits per heavy atom. The van der Waals surface area contributed by atoms with Gasteiger partial charge in [-0.3, -0.25) is 4.79 Å². The molecule has 0 saturated carbocycles. The molecule has 4 nitrogen and oxygen atoms in total. The molecule has 0 aliphatic rings. The molecular weight excluding hydrogens is 226 g/mol. The molecule has 0 aromatic heterocycles. The van der Waals surface area contributed by atoms with Crippen LogP contribution in [-0.2, 0) is 4.79 Å². The third kappa shape index (κ3) is 6.97. The Balaban J connectivity index is 3.85. The van der Waals surface area contributed by atoms with Gasteiger partial charge in [-0.15, -0.1) is 0 Å². The molecule has 0 heterocycles. The van der Waals surface area contributed by atoms with Crippen molar-refractivity contribution in [1.82, 2.24) is 10.2 Å². The molecule has 4 heteroatoms. The van der Waals surface area contributed by atoms with Gasteiger partial charge in [0.15, 0.2) is 0 Å². The molecule has 18 heavy (non-hydrogen) atoms. The lowest BCUT2D eigenvalue weighted by molar-refractivity contribution is -0.122. The second-order valence-electron chi connectivity index (χ2n) is 6.26. The zero-order valence-electron chi connectivity index (χ0n) is 12.9. The summed E-state index contributed by atoms with van der Waals surface area (Å²) in [7, 11) is 2.08. The summed E-state index contributed by atoms with van der Waals surface area (Å²) in [4.78, 5) is 14.0. The maximum atomic E-state index is 11.7. The van der Waals surface area contributed by atoms with Gasteiger partial charge in [0.05, 0.1) is 0 Å². The fraction of sp³-hybridized carbons (Fsp3) is 0.929. The number of amides is 1. The smallest absolute Gasteiger partial charge is 0.221 e. The second-order valence-corrected chi connectivity index (χ2v) is 6.26. The summed E-state index contributed by atoms with van der Waals surface area (Å²) in [5.41, 5.74) is 5.96. The monoisotopic (exact) mass is 257 g/mol. The van der Waals surface area contributed by atoms with Crippen molar-refractivity contribution < 1.29 is 4.79 Å². The normalized spacial score (nSPS) is 15.6. The fourth-order valence-electron chi connectivity index (χ4n) is 1.48. The second kappa shape index (κ2) is 7.74. The van der Waals surface area contributed by atoms with Crippen molar-refractivity contribution in [3.05, 3.63) is 0 Å². The van der Waals surface area contributed by atoms with Crippen LogP contribution in [0.15, 0.2) is 0 Å². The van der Waals surface area contributed by atoms with Gasteiger partial charge in [-0.2, -0.15) is 0 Å². The van der Waals surface area contributed by atoms with Crippen molar-refractivity contribution in [3.8, 4) is 0 Å². The van der Waals surface area contributed by atoms with Crippen molar-refractivity contribution in [2.75, 3.05) is 20.1 Å². The van der Waals surface area contributed by atoms with Gasteiger partial charge in [0, 0.05) is 31.6 Å². The van der Waals surface area contributed by atoms with Crippen LogP contribution in [0, 0.1) is 5.41 Å². The summed E-state index contributed by atoms with van der Waals surface area (Å²) in [5.74, 6) is 0.0509. The van der Waals surface area contributed by atoms with Crippen LogP contribution in [-0.4, -0.2) is 43.0 Å². The van der Waals surface area contributed by atoms with E-state index in [1.807, 2.05) is 0 Å². The molecule has 0 spiro atoms. The quantitative estimate of drug-likeness (QED) is 0.728. The largest absolute Gasteiger partial charge is 0.355 e. The summed E-state index contributed by atoms with van der Waals surface area (Å²) in [6, 6.07) is 0.462. The van der Waals surface area contributed by atoms with E-state index in [1.54, 1.807) is 0 Å². The Labute approximate surface area is 112 Å². The van der Waals surface area contributed by atoms with E-state index in [2.05, 4.69) is 51.9 Å². The SMILES string of the molecule is CCC(C)N(C)CCNC(=O)CC(N)C(C)(C)C. The lowest BCUT2D eigenvalue weighted by Crippen LogP contribution is -2.42. The lowest BCUT2D eigenvalue weighted by atomic mass is 9.85. The number of likely N-dealkylation sites (N-methyl/N-ethyl adjacent to an activating group) is 1. The third-order valence-corrected chi connectivity index (χ3v) is 3.65. The molecule has 0 fully saturated rings. The minimum atomic E-state index is -0.0928. The number of carbonyl (C=O) groups is 1. The minimum absolute atomic E-state index is 0.0230. The zero-order valence-corrected chi connectivity index (χ0v) is 12.9. The van der Waals surface area contributed by atoms with E-state index in [9.17, 15) is 4.79 Å². The maximum absolute atomic E-state index is 11.7. The van der Waals surface area contributed by atoms with Crippen LogP contribution in [0.2, 0.25) is 0 Å². The summed E-state index contributed by atoms with van der Waals surface area (Å²) in [6.45, 7) is 12.1. The van der Waals surface area contributed by atoms with Gasteiger partial charge in [0.1, 0.15) is 0 Å². The maximum Gasteiger partial charge on any atom is 0.221 e. The first-order valence-corrected chi connectivity index (χ1v) is 6.91. The van der Waals surface area contributed by atoms with Crippen molar-refractivity contribution in [2.45, 2.75) is 59.5 Å². The summed E-state index contributed by atoms with van der Waals surface area (Å²) < 4.78 is 0. The third-order valence-electron chi connectivity index (χ3n) is 3.65. The molecule has 3 N–H and O–H groups in total. The molecular formula is C14H31N3O. The lowest BCUT2D eigenvalue weighted by Gasteiger charge is -2.27. The van der Waals surface area contributed by atoms with Crippen LogP contribution in [0.3, 0.4) is 0 Å². The number of hydrogen-bond acceptors (Lipinski definition) is 3. The van der Waals surface area contributed by atoms with Crippen LogP contribution >= 0.6 is 0 Å². The molecule has 0 aromatic rings. The van der Waals surface area contributed by atoms with E-state index >= 15 is 0 Å². The van der Waals surface area contributed by atoms with E-state index in [0.29, 0.717) is 19.0 Å². The predicted octanol–water partition coefficient (Wildman–Crippen LogP) is 1.60. The Bertz CT molecular complexity index is 248. The van der Waals surface area contributed by atoms with Gasteiger partial charge in [-0.05, 0) is 25.8 Å². The van der Waals surface area contributed by atoms with E-state index in [1.165, 1.54) is 0 Å². The van der Waals surface area contributed by atoms with Crippen LogP contribution in [0.4, 0.5) is 0 Å². The Hall–Kier alpha value is -0.610. The average Bonchev–Trinajstić information content (AvgIpc) is 2.26. The van der Waals surface area contributed by atoms with Crippen LogP contribution in [0.25, 0.3) is 0 Å². The highest BCUT2D eigenvalue weighted by Gasteiger charge is 2.22. The predicted molar refractivity (Wildman–Crippen MR) is 77.4 cm³/mol. The van der Waals surface area contributed by atoms with Crippen LogP contribution in [0.5, 0.6) is 0 Å². The summed E-state index contributed by atoms with van der Waals surface area (Å²) >= 11 is 0. The molecule has 0 saturated heterocycles. The number of nitrogens with zero attached hydrogens (tertiary/aromatic N) is 1. The number of rotatable bonds is 7. The van der Waals surface area contributed by atoms with Crippen molar-refractivity contribution in [1.29, 1.82) is 0 Å². The minimum Gasteiger partial charge on any atom is -0.355 e. The van der Waals surface area contributed by atoms with Crippen molar-refractivity contribution in [2.24, 2.45) is 11.1 Å². The van der Waals surface area contributed by atoms with E-state index in [0.717, 1.165) is 13.0 Å². The molecule has 108 valence electrons. The Kier molecular flexibility index (Phi) is 7.48. The topological polar surface area (TPSA) is 58.4 Å². The number of nitrogens with one attached hydrogen (secondary N) is 1. The van der Waals surface area contributed by atoms with Gasteiger partial charge in [0.2, 0.25) is 5.91 Å². The zero-order chi connectivity index (χ0) is 14.3. The number of hydrogen-bond donors (Lipinski definition) is 2. The Morgan fingerprint density at radius 2 is 1.94 bits per heavy atom. The van der Waals surface area contributed by atoms with Crippen molar-refractivity contribution >= 4 is 5.91 Å². The van der Waals surface area contributed by atoms with Gasteiger partial charge >= 0.3 is 0 Å². The molecule has 2 atom stereocenters. The first-order valence-electron chi connectivity index (χ1n) is 6.91. The first kappa shape index (κ1) is 17.4. The van der Waals surface area contributed by atoms with E-state index in [-0.39, 0.29) is 17.4 Å². The molecule has 0 rings (SSSR count). The van der Waals surface area contributed by atoms with Gasteiger partial charge in [-0.1, -0.05) is 27.7 Å². The van der Waals surface area contributed by atoms with E-state index in [4.69, 9.17) is 5.73 Å². The van der Waals surface area contributed by atoms with Gasteiger partial charge in [0.25, 0.3) is 0 Å². The molecule has 0 aromatic carbocycles. The molecule has 0 bridgehead atoms. The summed E-state index contributed by atoms with van der Waals surface area (Å²) in [6.07, 6.45) is 1.52. The number of nitrogens with two attached hydrogens (primary N) is 1. The fourth-order valence-corrected chi connectivity index (χ4v) is 1.48. The molecule has 0 aliphatic carbocycles. The van der Waals surface area contributed by atoms with Gasteiger partial charge in [-0.25, -0.2) is 0 Å². The first-order chi connectivity index (χ1) is 8.18. The average molecular weight is 257 g/mol. The molecule has 0 radical (unpaired) electrons. The van der Waals surface area contributed by atoms with Crippen LogP contribution < -0.4 is 11.1 Å². The highest BCUT2D eigenvalue weighted by Crippen LogP contribution is 2.19. The number of carbonyl (C=O) groups excluding carboxylic acids is 1.